The van der Waals surface area contributed by atoms with Gasteiger partial charge >= 0.3 is 0 Å². The SMILES string of the molecule is Cc1nc2cc(N(C(=O)c3cccnc3)c3ccc4c(c3)OCO4)ccc2s1. The molecule has 0 unspecified atom stereocenters. The highest BCUT2D eigenvalue weighted by Crippen LogP contribution is 2.39. The number of aryl methyl sites for hydroxylation is 1. The molecule has 0 spiro atoms. The summed E-state index contributed by atoms with van der Waals surface area (Å²) in [6.45, 7) is 2.15. The monoisotopic (exact) mass is 389 g/mol. The highest BCUT2D eigenvalue weighted by atomic mass is 32.1. The van der Waals surface area contributed by atoms with Crippen molar-refractivity contribution < 1.29 is 14.3 Å². The van der Waals surface area contributed by atoms with E-state index in [1.54, 1.807) is 40.8 Å². The second-order valence-corrected chi connectivity index (χ2v) is 7.54. The second-order valence-electron chi connectivity index (χ2n) is 6.30. The molecule has 28 heavy (non-hydrogen) atoms. The lowest BCUT2D eigenvalue weighted by Gasteiger charge is -2.23. The summed E-state index contributed by atoms with van der Waals surface area (Å²) in [5, 5.41) is 0.986. The Bertz CT molecular complexity index is 1190. The third kappa shape index (κ3) is 2.86. The van der Waals surface area contributed by atoms with E-state index in [0.717, 1.165) is 20.9 Å². The molecular formula is C21H15N3O3S. The van der Waals surface area contributed by atoms with E-state index in [1.165, 1.54) is 0 Å². The van der Waals surface area contributed by atoms with Gasteiger partial charge in [-0.1, -0.05) is 0 Å². The lowest BCUT2D eigenvalue weighted by Crippen LogP contribution is -2.26. The van der Waals surface area contributed by atoms with Gasteiger partial charge in [-0.15, -0.1) is 11.3 Å². The minimum Gasteiger partial charge on any atom is -0.454 e. The summed E-state index contributed by atoms with van der Waals surface area (Å²) in [6.07, 6.45) is 3.21. The average molecular weight is 389 g/mol. The van der Waals surface area contributed by atoms with Crippen LogP contribution in [-0.4, -0.2) is 22.7 Å². The Morgan fingerprint density at radius 2 is 1.89 bits per heavy atom. The van der Waals surface area contributed by atoms with Crippen LogP contribution in [0, 0.1) is 6.92 Å². The number of pyridine rings is 1. The van der Waals surface area contributed by atoms with Gasteiger partial charge in [0, 0.05) is 18.5 Å². The van der Waals surface area contributed by atoms with Gasteiger partial charge < -0.3 is 9.47 Å². The number of amides is 1. The summed E-state index contributed by atoms with van der Waals surface area (Å²) in [6, 6.07) is 14.8. The average Bonchev–Trinajstić information content (AvgIpc) is 3.33. The minimum atomic E-state index is -0.182. The summed E-state index contributed by atoms with van der Waals surface area (Å²) in [4.78, 5) is 23.7. The van der Waals surface area contributed by atoms with Crippen molar-refractivity contribution >= 4 is 38.8 Å². The fourth-order valence-corrected chi connectivity index (χ4v) is 4.00. The number of hydrogen-bond acceptors (Lipinski definition) is 6. The van der Waals surface area contributed by atoms with Crippen molar-refractivity contribution in [1.82, 2.24) is 9.97 Å². The van der Waals surface area contributed by atoms with Gasteiger partial charge in [0.05, 0.1) is 32.2 Å². The maximum absolute atomic E-state index is 13.4. The van der Waals surface area contributed by atoms with Crippen molar-refractivity contribution in [2.75, 3.05) is 11.7 Å². The predicted octanol–water partition coefficient (Wildman–Crippen LogP) is 4.71. The van der Waals surface area contributed by atoms with Crippen LogP contribution in [0.2, 0.25) is 0 Å². The van der Waals surface area contributed by atoms with Gasteiger partial charge in [-0.2, -0.15) is 0 Å². The zero-order valence-electron chi connectivity index (χ0n) is 15.0. The van der Waals surface area contributed by atoms with Crippen LogP contribution in [0.5, 0.6) is 11.5 Å². The predicted molar refractivity (Wildman–Crippen MR) is 108 cm³/mol. The molecule has 1 amide bonds. The quantitative estimate of drug-likeness (QED) is 0.508. The molecule has 2 aromatic carbocycles. The van der Waals surface area contributed by atoms with Crippen LogP contribution in [0.3, 0.4) is 0 Å². The van der Waals surface area contributed by atoms with Gasteiger partial charge in [0.2, 0.25) is 6.79 Å². The topological polar surface area (TPSA) is 64.6 Å². The molecule has 0 bridgehead atoms. The lowest BCUT2D eigenvalue weighted by molar-refractivity contribution is 0.0999. The summed E-state index contributed by atoms with van der Waals surface area (Å²) < 4.78 is 12.0. The molecule has 0 N–H and O–H groups in total. The van der Waals surface area contributed by atoms with Crippen LogP contribution in [-0.2, 0) is 0 Å². The molecule has 1 aliphatic rings. The molecule has 2 aromatic heterocycles. The Hall–Kier alpha value is -3.45. The van der Waals surface area contributed by atoms with Crippen molar-refractivity contribution in [2.24, 2.45) is 0 Å². The van der Waals surface area contributed by atoms with Crippen molar-refractivity contribution in [2.45, 2.75) is 6.92 Å². The fraction of sp³-hybridized carbons (Fsp3) is 0.0952. The number of nitrogens with zero attached hydrogens (tertiary/aromatic N) is 3. The number of carbonyl (C=O) groups excluding carboxylic acids is 1. The molecule has 4 aromatic rings. The standard InChI is InChI=1S/C21H15N3O3S/c1-13-23-17-9-15(5-7-20(17)28-13)24(21(25)14-3-2-8-22-11-14)16-4-6-18-19(10-16)27-12-26-18/h2-11H,12H2,1H3. The van der Waals surface area contributed by atoms with Gasteiger partial charge in [0.25, 0.3) is 5.91 Å². The third-order valence-corrected chi connectivity index (χ3v) is 5.41. The van der Waals surface area contributed by atoms with Gasteiger partial charge in [0.1, 0.15) is 0 Å². The van der Waals surface area contributed by atoms with E-state index in [-0.39, 0.29) is 12.7 Å². The molecule has 0 fully saturated rings. The lowest BCUT2D eigenvalue weighted by atomic mass is 10.1. The smallest absolute Gasteiger partial charge is 0.264 e. The van der Waals surface area contributed by atoms with Gasteiger partial charge in [0.15, 0.2) is 11.5 Å². The number of thiazole rings is 1. The van der Waals surface area contributed by atoms with E-state index in [2.05, 4.69) is 9.97 Å². The molecule has 0 radical (unpaired) electrons. The van der Waals surface area contributed by atoms with Crippen molar-refractivity contribution in [1.29, 1.82) is 0 Å². The molecule has 6 nitrogen and oxygen atoms in total. The molecule has 138 valence electrons. The Balaban J connectivity index is 1.66. The number of anilines is 2. The van der Waals surface area contributed by atoms with Crippen LogP contribution in [0.4, 0.5) is 11.4 Å². The van der Waals surface area contributed by atoms with E-state index < -0.39 is 0 Å². The molecule has 0 aliphatic carbocycles. The molecule has 0 saturated heterocycles. The van der Waals surface area contributed by atoms with E-state index in [0.29, 0.717) is 22.7 Å². The fourth-order valence-electron chi connectivity index (χ4n) is 3.20. The highest BCUT2D eigenvalue weighted by molar-refractivity contribution is 7.18. The van der Waals surface area contributed by atoms with Crippen molar-refractivity contribution in [3.8, 4) is 11.5 Å². The molecule has 0 saturated carbocycles. The summed E-state index contributed by atoms with van der Waals surface area (Å²) in [5.41, 5.74) is 2.77. The molecule has 7 heteroatoms. The summed E-state index contributed by atoms with van der Waals surface area (Å²) >= 11 is 1.63. The zero-order valence-corrected chi connectivity index (χ0v) is 15.8. The van der Waals surface area contributed by atoms with Gasteiger partial charge in [-0.05, 0) is 49.4 Å². The Labute approximate surface area is 165 Å². The van der Waals surface area contributed by atoms with E-state index in [1.807, 2.05) is 43.3 Å². The number of ether oxygens (including phenoxy) is 2. The van der Waals surface area contributed by atoms with Crippen LogP contribution < -0.4 is 14.4 Å². The Morgan fingerprint density at radius 1 is 1.07 bits per heavy atom. The van der Waals surface area contributed by atoms with E-state index >= 15 is 0 Å². The van der Waals surface area contributed by atoms with E-state index in [9.17, 15) is 4.79 Å². The van der Waals surface area contributed by atoms with Crippen LogP contribution in [0.1, 0.15) is 15.4 Å². The molecule has 5 rings (SSSR count). The Kier molecular flexibility index (Phi) is 3.95. The number of fused-ring (bicyclic) bond motifs is 2. The number of carbonyl (C=O) groups is 1. The normalized spacial score (nSPS) is 12.3. The van der Waals surface area contributed by atoms with Crippen LogP contribution in [0.15, 0.2) is 60.9 Å². The van der Waals surface area contributed by atoms with Crippen LogP contribution >= 0.6 is 11.3 Å². The maximum Gasteiger partial charge on any atom is 0.264 e. The summed E-state index contributed by atoms with van der Waals surface area (Å²) in [5.74, 6) is 1.11. The molecular weight excluding hydrogens is 374 g/mol. The number of benzene rings is 2. The van der Waals surface area contributed by atoms with E-state index in [4.69, 9.17) is 9.47 Å². The first-order valence-corrected chi connectivity index (χ1v) is 9.52. The van der Waals surface area contributed by atoms with Crippen LogP contribution in [0.25, 0.3) is 10.2 Å². The Morgan fingerprint density at radius 3 is 2.75 bits per heavy atom. The van der Waals surface area contributed by atoms with Gasteiger partial charge in [-0.25, -0.2) is 4.98 Å². The summed E-state index contributed by atoms with van der Waals surface area (Å²) in [7, 11) is 0. The second kappa shape index (κ2) is 6.61. The van der Waals surface area contributed by atoms with Crippen molar-refractivity contribution in [3.05, 3.63) is 71.5 Å². The highest BCUT2D eigenvalue weighted by Gasteiger charge is 2.23. The first kappa shape index (κ1) is 16.7. The maximum atomic E-state index is 13.4. The largest absolute Gasteiger partial charge is 0.454 e. The zero-order chi connectivity index (χ0) is 19.1. The first-order valence-electron chi connectivity index (χ1n) is 8.70. The van der Waals surface area contributed by atoms with Gasteiger partial charge in [-0.3, -0.25) is 14.7 Å². The molecule has 0 atom stereocenters. The molecule has 1 aliphatic heterocycles. The minimum absolute atomic E-state index is 0.180. The third-order valence-electron chi connectivity index (χ3n) is 4.46. The number of aromatic nitrogens is 2. The number of hydrogen-bond donors (Lipinski definition) is 0. The van der Waals surface area contributed by atoms with Crippen molar-refractivity contribution in [3.63, 3.8) is 0 Å². The molecule has 3 heterocycles. The first-order chi connectivity index (χ1) is 13.7. The number of rotatable bonds is 3.